The van der Waals surface area contributed by atoms with Gasteiger partial charge in [0.2, 0.25) is 5.89 Å². The maximum absolute atomic E-state index is 11.9. The highest BCUT2D eigenvalue weighted by atomic mass is 32.1. The van der Waals surface area contributed by atoms with Crippen LogP contribution in [0, 0.1) is 6.92 Å². The third kappa shape index (κ3) is 4.90. The lowest BCUT2D eigenvalue weighted by Gasteiger charge is -2.34. The predicted octanol–water partition coefficient (Wildman–Crippen LogP) is 5.34. The Morgan fingerprint density at radius 1 is 1.18 bits per heavy atom. The van der Waals surface area contributed by atoms with Crippen LogP contribution in [-0.2, 0) is 30.7 Å². The van der Waals surface area contributed by atoms with Crippen molar-refractivity contribution in [3.8, 4) is 16.5 Å². The van der Waals surface area contributed by atoms with Crippen molar-refractivity contribution in [2.24, 2.45) is 0 Å². The molecule has 1 aliphatic rings. The van der Waals surface area contributed by atoms with E-state index in [1.165, 1.54) is 0 Å². The van der Waals surface area contributed by atoms with Gasteiger partial charge in [0.1, 0.15) is 17.6 Å². The Bertz CT molecular complexity index is 1270. The Hall–Kier alpha value is -3.42. The molecule has 0 spiro atoms. The maximum atomic E-state index is 11.9. The molecule has 34 heavy (non-hydrogen) atoms. The quantitative estimate of drug-likeness (QED) is 0.371. The molecule has 1 aliphatic heterocycles. The highest BCUT2D eigenvalue weighted by Gasteiger charge is 2.31. The second-order valence-corrected chi connectivity index (χ2v) is 9.42. The van der Waals surface area contributed by atoms with Crippen molar-refractivity contribution in [1.29, 1.82) is 0 Å². The number of benzene rings is 2. The van der Waals surface area contributed by atoms with E-state index in [-0.39, 0.29) is 0 Å². The molecule has 0 unspecified atom stereocenters. The summed E-state index contributed by atoms with van der Waals surface area (Å²) in [5.74, 6) is 1.47. The van der Waals surface area contributed by atoms with Crippen LogP contribution in [0.1, 0.15) is 28.1 Å². The van der Waals surface area contributed by atoms with Crippen LogP contribution < -0.4 is 4.74 Å². The number of hydrogen-bond donors (Lipinski definition) is 1. The summed E-state index contributed by atoms with van der Waals surface area (Å²) >= 11 is 1.61. The van der Waals surface area contributed by atoms with Crippen molar-refractivity contribution in [3.05, 3.63) is 94.2 Å². The smallest absolute Gasteiger partial charge is 0.321 e. The first-order valence-electron chi connectivity index (χ1n) is 11.3. The lowest BCUT2D eigenvalue weighted by atomic mass is 9.93. The molecule has 7 heteroatoms. The van der Waals surface area contributed by atoms with E-state index in [1.54, 1.807) is 11.3 Å². The number of carboxylic acids is 1. The molecule has 5 rings (SSSR count). The molecule has 1 N–H and O–H groups in total. The molecular formula is C27H26N2O4S. The van der Waals surface area contributed by atoms with Gasteiger partial charge in [0.25, 0.3) is 0 Å². The number of oxazole rings is 1. The van der Waals surface area contributed by atoms with Crippen molar-refractivity contribution >= 4 is 17.3 Å². The fourth-order valence-corrected chi connectivity index (χ4v) is 5.01. The van der Waals surface area contributed by atoms with Gasteiger partial charge in [-0.2, -0.15) is 0 Å². The Balaban J connectivity index is 1.25. The number of aromatic nitrogens is 1. The van der Waals surface area contributed by atoms with Crippen molar-refractivity contribution in [1.82, 2.24) is 9.88 Å². The molecule has 2 aromatic carbocycles. The van der Waals surface area contributed by atoms with Crippen LogP contribution in [0.25, 0.3) is 10.8 Å². The molecule has 0 amide bonds. The first-order chi connectivity index (χ1) is 16.6. The molecule has 0 saturated heterocycles. The molecule has 6 nitrogen and oxygen atoms in total. The van der Waals surface area contributed by atoms with Crippen molar-refractivity contribution in [2.45, 2.75) is 38.9 Å². The van der Waals surface area contributed by atoms with E-state index in [2.05, 4.69) is 4.98 Å². The highest BCUT2D eigenvalue weighted by Crippen LogP contribution is 2.29. The second-order valence-electron chi connectivity index (χ2n) is 8.48. The molecule has 174 valence electrons. The number of aryl methyl sites for hydroxylation is 1. The summed E-state index contributed by atoms with van der Waals surface area (Å²) in [5, 5.41) is 11.8. The number of ether oxygens (including phenoxy) is 1. The number of nitrogens with zero attached hydrogens (tertiary/aromatic N) is 2. The molecule has 0 fully saturated rings. The van der Waals surface area contributed by atoms with E-state index in [0.29, 0.717) is 38.4 Å². The Morgan fingerprint density at radius 3 is 2.79 bits per heavy atom. The minimum atomic E-state index is -0.785. The summed E-state index contributed by atoms with van der Waals surface area (Å²) in [5.41, 5.74) is 4.19. The highest BCUT2D eigenvalue weighted by molar-refractivity contribution is 7.13. The molecule has 3 heterocycles. The average Bonchev–Trinajstić information content (AvgIpc) is 3.49. The van der Waals surface area contributed by atoms with Gasteiger partial charge in [0, 0.05) is 19.5 Å². The van der Waals surface area contributed by atoms with Crippen LogP contribution in [0.15, 0.2) is 70.5 Å². The zero-order valence-electron chi connectivity index (χ0n) is 18.9. The summed E-state index contributed by atoms with van der Waals surface area (Å²) in [6, 6.07) is 19.4. The summed E-state index contributed by atoms with van der Waals surface area (Å²) in [4.78, 5) is 19.6. The summed E-state index contributed by atoms with van der Waals surface area (Å²) in [6.45, 7) is 3.59. The first-order valence-corrected chi connectivity index (χ1v) is 12.2. The fourth-order valence-electron chi connectivity index (χ4n) is 4.36. The predicted molar refractivity (Wildman–Crippen MR) is 131 cm³/mol. The Kier molecular flexibility index (Phi) is 6.47. The molecule has 0 aliphatic carbocycles. The number of hydrogen-bond acceptors (Lipinski definition) is 6. The number of rotatable bonds is 8. The summed E-state index contributed by atoms with van der Waals surface area (Å²) < 4.78 is 11.9. The number of aliphatic carboxylic acids is 1. The second kappa shape index (κ2) is 9.83. The number of carboxylic acid groups (broad SMARTS) is 1. The Labute approximate surface area is 202 Å². The molecule has 0 radical (unpaired) electrons. The van der Waals surface area contributed by atoms with E-state index in [4.69, 9.17) is 9.15 Å². The molecule has 0 saturated carbocycles. The lowest BCUT2D eigenvalue weighted by Crippen LogP contribution is -2.45. The standard InChI is InChI=1S/C27H26N2O4S/c1-18-23(28-26(33-18)25-8-5-13-34-25)11-12-32-22-10-9-20-15-24(27(30)31)29(17-21(20)14-22)16-19-6-3-2-4-7-19/h2-10,13-14,24H,11-12,15-17H2,1H3,(H,30,31)/t24-/m0/s1. The third-order valence-corrected chi connectivity index (χ3v) is 7.01. The topological polar surface area (TPSA) is 75.8 Å². The van der Waals surface area contributed by atoms with Gasteiger partial charge < -0.3 is 14.3 Å². The van der Waals surface area contributed by atoms with Gasteiger partial charge in [0.05, 0.1) is 17.2 Å². The normalized spacial score (nSPS) is 15.7. The van der Waals surface area contributed by atoms with Crippen LogP contribution in [0.2, 0.25) is 0 Å². The monoisotopic (exact) mass is 474 g/mol. The Morgan fingerprint density at radius 2 is 2.03 bits per heavy atom. The molecule has 4 aromatic rings. The molecular weight excluding hydrogens is 448 g/mol. The van der Waals surface area contributed by atoms with Gasteiger partial charge >= 0.3 is 5.97 Å². The van der Waals surface area contributed by atoms with Crippen molar-refractivity contribution < 1.29 is 19.1 Å². The van der Waals surface area contributed by atoms with Crippen LogP contribution >= 0.6 is 11.3 Å². The minimum absolute atomic E-state index is 0.488. The largest absolute Gasteiger partial charge is 0.493 e. The number of carbonyl (C=O) groups is 1. The van der Waals surface area contributed by atoms with E-state index in [9.17, 15) is 9.90 Å². The number of thiophene rings is 1. The van der Waals surface area contributed by atoms with Crippen LogP contribution in [-0.4, -0.2) is 33.6 Å². The fraction of sp³-hybridized carbons (Fsp3) is 0.259. The van der Waals surface area contributed by atoms with Crippen LogP contribution in [0.5, 0.6) is 5.75 Å². The zero-order chi connectivity index (χ0) is 23.5. The zero-order valence-corrected chi connectivity index (χ0v) is 19.8. The summed E-state index contributed by atoms with van der Waals surface area (Å²) in [7, 11) is 0. The van der Waals surface area contributed by atoms with Gasteiger partial charge in [-0.1, -0.05) is 42.5 Å². The average molecular weight is 475 g/mol. The summed E-state index contributed by atoms with van der Waals surface area (Å²) in [6.07, 6.45) is 1.14. The van der Waals surface area contributed by atoms with Gasteiger partial charge in [0.15, 0.2) is 0 Å². The van der Waals surface area contributed by atoms with E-state index in [0.717, 1.165) is 38.8 Å². The maximum Gasteiger partial charge on any atom is 0.321 e. The third-order valence-electron chi connectivity index (χ3n) is 6.15. The van der Waals surface area contributed by atoms with Crippen LogP contribution in [0.4, 0.5) is 0 Å². The number of fused-ring (bicyclic) bond motifs is 1. The SMILES string of the molecule is Cc1oc(-c2cccs2)nc1CCOc1ccc2c(c1)CN(Cc1ccccc1)[C@H](C(=O)O)C2. The van der Waals surface area contributed by atoms with Crippen LogP contribution in [0.3, 0.4) is 0 Å². The van der Waals surface area contributed by atoms with Gasteiger partial charge in [-0.05, 0) is 53.6 Å². The van der Waals surface area contributed by atoms with Gasteiger partial charge in [-0.15, -0.1) is 11.3 Å². The lowest BCUT2D eigenvalue weighted by molar-refractivity contribution is -0.144. The van der Waals surface area contributed by atoms with Crippen molar-refractivity contribution in [3.63, 3.8) is 0 Å². The minimum Gasteiger partial charge on any atom is -0.493 e. The van der Waals surface area contributed by atoms with Gasteiger partial charge in [-0.3, -0.25) is 9.69 Å². The first kappa shape index (κ1) is 22.4. The van der Waals surface area contributed by atoms with Gasteiger partial charge in [-0.25, -0.2) is 4.98 Å². The molecule has 2 aromatic heterocycles. The molecule has 1 atom stereocenters. The van der Waals surface area contributed by atoms with E-state index in [1.807, 2.05) is 77.9 Å². The van der Waals surface area contributed by atoms with E-state index < -0.39 is 12.0 Å². The molecule has 0 bridgehead atoms. The van der Waals surface area contributed by atoms with E-state index >= 15 is 0 Å². The van der Waals surface area contributed by atoms with Crippen molar-refractivity contribution in [2.75, 3.05) is 6.61 Å².